The molecule has 1 aromatic rings. The molecule has 20 heavy (non-hydrogen) atoms. The van der Waals surface area contributed by atoms with Gasteiger partial charge < -0.3 is 10.6 Å². The number of anilines is 1. The van der Waals surface area contributed by atoms with Crippen LogP contribution in [0, 0.1) is 18.8 Å². The first-order valence-corrected chi connectivity index (χ1v) is 7.81. The predicted molar refractivity (Wildman–Crippen MR) is 81.6 cm³/mol. The van der Waals surface area contributed by atoms with Gasteiger partial charge in [0.2, 0.25) is 0 Å². The van der Waals surface area contributed by atoms with Gasteiger partial charge in [-0.3, -0.25) is 4.79 Å². The molecular formula is C17H24N2O. The van der Waals surface area contributed by atoms with E-state index < -0.39 is 0 Å². The van der Waals surface area contributed by atoms with E-state index in [0.29, 0.717) is 17.2 Å². The number of hydrogen-bond acceptors (Lipinski definition) is 2. The zero-order valence-electron chi connectivity index (χ0n) is 12.3. The molecule has 1 saturated carbocycles. The molecule has 0 spiro atoms. The summed E-state index contributed by atoms with van der Waals surface area (Å²) in [6.07, 6.45) is 6.52. The van der Waals surface area contributed by atoms with Gasteiger partial charge in [0.1, 0.15) is 0 Å². The van der Waals surface area contributed by atoms with Crippen molar-refractivity contribution in [1.29, 1.82) is 0 Å². The van der Waals surface area contributed by atoms with E-state index in [4.69, 9.17) is 5.73 Å². The molecule has 1 saturated heterocycles. The van der Waals surface area contributed by atoms with Gasteiger partial charge in [-0.2, -0.15) is 0 Å². The van der Waals surface area contributed by atoms with Gasteiger partial charge in [0, 0.05) is 18.8 Å². The lowest BCUT2D eigenvalue weighted by Crippen LogP contribution is -2.45. The number of nitrogens with two attached hydrogens (primary N) is 1. The first-order valence-electron chi connectivity index (χ1n) is 7.81. The van der Waals surface area contributed by atoms with Crippen LogP contribution in [0.2, 0.25) is 0 Å². The number of carbonyl (C=O) groups is 1. The van der Waals surface area contributed by atoms with E-state index in [1.54, 1.807) is 0 Å². The summed E-state index contributed by atoms with van der Waals surface area (Å²) in [5.41, 5.74) is 8.32. The standard InChI is InChI=1S/C17H24N2O/c1-12-5-4-8-15(18)16(12)17(20)19-10-9-13-6-2-3-7-14(13)11-19/h4-5,8,13-14H,2-3,6-7,9-11,18H2,1H3. The number of aryl methyl sites for hydroxylation is 1. The van der Waals surface area contributed by atoms with Crippen LogP contribution in [0.3, 0.4) is 0 Å². The molecule has 108 valence electrons. The molecule has 0 aromatic heterocycles. The maximum Gasteiger partial charge on any atom is 0.256 e. The number of amides is 1. The van der Waals surface area contributed by atoms with Crippen molar-refractivity contribution in [3.05, 3.63) is 29.3 Å². The van der Waals surface area contributed by atoms with E-state index >= 15 is 0 Å². The summed E-state index contributed by atoms with van der Waals surface area (Å²) in [6, 6.07) is 5.71. The Labute approximate surface area is 121 Å². The van der Waals surface area contributed by atoms with Crippen molar-refractivity contribution in [2.24, 2.45) is 11.8 Å². The molecule has 1 aliphatic heterocycles. The molecule has 1 amide bonds. The van der Waals surface area contributed by atoms with E-state index in [9.17, 15) is 4.79 Å². The molecule has 1 aliphatic carbocycles. The molecule has 3 heteroatoms. The lowest BCUT2D eigenvalue weighted by Gasteiger charge is -2.41. The fourth-order valence-corrected chi connectivity index (χ4v) is 3.93. The molecule has 2 N–H and O–H groups in total. The van der Waals surface area contributed by atoms with Crippen molar-refractivity contribution in [1.82, 2.24) is 4.90 Å². The van der Waals surface area contributed by atoms with Gasteiger partial charge in [0.25, 0.3) is 5.91 Å². The largest absolute Gasteiger partial charge is 0.398 e. The van der Waals surface area contributed by atoms with Gasteiger partial charge in [-0.1, -0.05) is 31.4 Å². The molecule has 2 fully saturated rings. The third-order valence-electron chi connectivity index (χ3n) is 5.10. The van der Waals surface area contributed by atoms with E-state index in [1.165, 1.54) is 32.1 Å². The zero-order valence-corrected chi connectivity index (χ0v) is 12.3. The van der Waals surface area contributed by atoms with Crippen LogP contribution in [-0.4, -0.2) is 23.9 Å². The average molecular weight is 272 g/mol. The van der Waals surface area contributed by atoms with Gasteiger partial charge in [-0.15, -0.1) is 0 Å². The molecular weight excluding hydrogens is 248 g/mol. The lowest BCUT2D eigenvalue weighted by molar-refractivity contribution is 0.0521. The Hall–Kier alpha value is -1.51. The van der Waals surface area contributed by atoms with E-state index in [0.717, 1.165) is 24.6 Å². The van der Waals surface area contributed by atoms with Crippen molar-refractivity contribution >= 4 is 11.6 Å². The molecule has 1 heterocycles. The van der Waals surface area contributed by atoms with Gasteiger partial charge in [0.05, 0.1) is 5.56 Å². The number of carbonyl (C=O) groups excluding carboxylic acids is 1. The lowest BCUT2D eigenvalue weighted by atomic mass is 9.75. The minimum Gasteiger partial charge on any atom is -0.398 e. The Morgan fingerprint density at radius 3 is 2.70 bits per heavy atom. The summed E-state index contributed by atoms with van der Waals surface area (Å²) in [7, 11) is 0. The summed E-state index contributed by atoms with van der Waals surface area (Å²) >= 11 is 0. The average Bonchev–Trinajstić information content (AvgIpc) is 2.46. The third kappa shape index (κ3) is 2.41. The van der Waals surface area contributed by atoms with Gasteiger partial charge >= 0.3 is 0 Å². The Bertz CT molecular complexity index is 491. The van der Waals surface area contributed by atoms with Crippen molar-refractivity contribution in [2.45, 2.75) is 39.0 Å². The molecule has 2 aliphatic rings. The van der Waals surface area contributed by atoms with Gasteiger partial charge in [-0.25, -0.2) is 0 Å². The molecule has 2 unspecified atom stereocenters. The zero-order chi connectivity index (χ0) is 14.1. The van der Waals surface area contributed by atoms with Crippen molar-refractivity contribution in [3.63, 3.8) is 0 Å². The number of hydrogen-bond donors (Lipinski definition) is 1. The summed E-state index contributed by atoms with van der Waals surface area (Å²) in [6.45, 7) is 3.79. The second-order valence-corrected chi connectivity index (χ2v) is 6.38. The molecule has 1 aromatic carbocycles. The van der Waals surface area contributed by atoms with Crippen LogP contribution in [0.4, 0.5) is 5.69 Å². The monoisotopic (exact) mass is 272 g/mol. The quantitative estimate of drug-likeness (QED) is 0.798. The number of rotatable bonds is 1. The summed E-state index contributed by atoms with van der Waals surface area (Å²) in [5, 5.41) is 0. The molecule has 2 atom stereocenters. The Balaban J connectivity index is 1.78. The molecule has 0 radical (unpaired) electrons. The van der Waals surface area contributed by atoms with Crippen LogP contribution in [0.15, 0.2) is 18.2 Å². The number of benzene rings is 1. The van der Waals surface area contributed by atoms with Crippen molar-refractivity contribution < 1.29 is 4.79 Å². The second kappa shape index (κ2) is 5.47. The number of piperidine rings is 1. The van der Waals surface area contributed by atoms with Crippen LogP contribution < -0.4 is 5.73 Å². The van der Waals surface area contributed by atoms with Crippen LogP contribution in [0.5, 0.6) is 0 Å². The fourth-order valence-electron chi connectivity index (χ4n) is 3.93. The smallest absolute Gasteiger partial charge is 0.256 e. The predicted octanol–water partition coefficient (Wildman–Crippen LogP) is 3.23. The van der Waals surface area contributed by atoms with Gasteiger partial charge in [-0.05, 0) is 43.2 Å². The van der Waals surface area contributed by atoms with Crippen LogP contribution in [-0.2, 0) is 0 Å². The molecule has 0 bridgehead atoms. The van der Waals surface area contributed by atoms with Crippen molar-refractivity contribution in [2.75, 3.05) is 18.8 Å². The molecule has 3 nitrogen and oxygen atoms in total. The first-order chi connectivity index (χ1) is 9.66. The highest BCUT2D eigenvalue weighted by Gasteiger charge is 2.33. The number of nitrogens with zero attached hydrogens (tertiary/aromatic N) is 1. The molecule has 3 rings (SSSR count). The SMILES string of the molecule is Cc1cccc(N)c1C(=O)N1CCC2CCCCC2C1. The summed E-state index contributed by atoms with van der Waals surface area (Å²) in [4.78, 5) is 14.8. The number of fused-ring (bicyclic) bond motifs is 1. The highest BCUT2D eigenvalue weighted by atomic mass is 16.2. The Morgan fingerprint density at radius 2 is 1.95 bits per heavy atom. The normalized spacial score (nSPS) is 26.1. The number of nitrogen functional groups attached to an aromatic ring is 1. The third-order valence-corrected chi connectivity index (χ3v) is 5.10. The van der Waals surface area contributed by atoms with Crippen LogP contribution in [0.25, 0.3) is 0 Å². The topological polar surface area (TPSA) is 46.3 Å². The minimum atomic E-state index is 0.129. The van der Waals surface area contributed by atoms with Crippen LogP contribution >= 0.6 is 0 Å². The highest BCUT2D eigenvalue weighted by Crippen LogP contribution is 2.36. The first kappa shape index (κ1) is 13.5. The van der Waals surface area contributed by atoms with E-state index in [2.05, 4.69) is 0 Å². The van der Waals surface area contributed by atoms with Crippen LogP contribution in [0.1, 0.15) is 48.0 Å². The highest BCUT2D eigenvalue weighted by molar-refractivity contribution is 6.00. The summed E-state index contributed by atoms with van der Waals surface area (Å²) in [5.74, 6) is 1.69. The van der Waals surface area contributed by atoms with E-state index in [-0.39, 0.29) is 5.91 Å². The Morgan fingerprint density at radius 1 is 1.20 bits per heavy atom. The maximum atomic E-state index is 12.8. The van der Waals surface area contributed by atoms with Crippen molar-refractivity contribution in [3.8, 4) is 0 Å². The Kier molecular flexibility index (Phi) is 3.68. The fraction of sp³-hybridized carbons (Fsp3) is 0.588. The van der Waals surface area contributed by atoms with E-state index in [1.807, 2.05) is 30.0 Å². The summed E-state index contributed by atoms with van der Waals surface area (Å²) < 4.78 is 0. The minimum absolute atomic E-state index is 0.129. The second-order valence-electron chi connectivity index (χ2n) is 6.38. The number of likely N-dealkylation sites (tertiary alicyclic amines) is 1. The van der Waals surface area contributed by atoms with Gasteiger partial charge in [0.15, 0.2) is 0 Å². The maximum absolute atomic E-state index is 12.8.